The zero-order valence-electron chi connectivity index (χ0n) is 22.4. The van der Waals surface area contributed by atoms with Crippen LogP contribution in [0.3, 0.4) is 0 Å². The van der Waals surface area contributed by atoms with Crippen LogP contribution in [0.4, 0.5) is 4.79 Å². The molecule has 3 rings (SSSR count). The Bertz CT molecular complexity index is 1100. The second-order valence-electron chi connectivity index (χ2n) is 10.1. The number of carbonyl (C=O) groups excluding carboxylic acids is 3. The fourth-order valence-corrected chi connectivity index (χ4v) is 5.91. The molecule has 1 aliphatic carbocycles. The van der Waals surface area contributed by atoms with Crippen molar-refractivity contribution in [3.63, 3.8) is 0 Å². The molecule has 3 N–H and O–H groups in total. The highest BCUT2D eigenvalue weighted by atomic mass is 16.5. The number of hydrogen-bond donors (Lipinski definition) is 3. The van der Waals surface area contributed by atoms with Gasteiger partial charge in [0.25, 0.3) is 0 Å². The van der Waals surface area contributed by atoms with Crippen LogP contribution in [0.15, 0.2) is 28.9 Å². The van der Waals surface area contributed by atoms with Gasteiger partial charge in [0.2, 0.25) is 11.8 Å². The number of phenolic OH excluding ortho intramolecular Hbond substituents is 1. The lowest BCUT2D eigenvalue weighted by Gasteiger charge is -2.36. The smallest absolute Gasteiger partial charge is 0.423 e. The van der Waals surface area contributed by atoms with Gasteiger partial charge in [-0.25, -0.2) is 4.79 Å². The maximum absolute atomic E-state index is 13.1. The molecule has 2 aliphatic rings. The van der Waals surface area contributed by atoms with Gasteiger partial charge in [0.1, 0.15) is 5.75 Å². The third-order valence-corrected chi connectivity index (χ3v) is 7.73. The number of hydrogen-bond acceptors (Lipinski definition) is 7. The molecule has 1 aromatic rings. The summed E-state index contributed by atoms with van der Waals surface area (Å²) in [6.45, 7) is 7.36. The van der Waals surface area contributed by atoms with Crippen molar-refractivity contribution in [2.24, 2.45) is 17.8 Å². The molecule has 1 heterocycles. The van der Waals surface area contributed by atoms with Gasteiger partial charge in [0.15, 0.2) is 0 Å². The highest BCUT2D eigenvalue weighted by Crippen LogP contribution is 2.47. The van der Waals surface area contributed by atoms with Crippen LogP contribution >= 0.6 is 0 Å². The van der Waals surface area contributed by atoms with Crippen LogP contribution < -0.4 is 0 Å². The summed E-state index contributed by atoms with van der Waals surface area (Å²) in [5, 5.41) is 31.8. The highest BCUT2D eigenvalue weighted by molar-refractivity contribution is 6.16. The molecule has 0 saturated carbocycles. The Hall–Kier alpha value is -2.97. The molecule has 1 aromatic carbocycles. The number of rotatable bonds is 9. The van der Waals surface area contributed by atoms with Crippen LogP contribution in [-0.2, 0) is 14.3 Å². The van der Waals surface area contributed by atoms with Crippen molar-refractivity contribution in [2.75, 3.05) is 13.7 Å². The topological polar surface area (TPSA) is 124 Å². The molecule has 37 heavy (non-hydrogen) atoms. The monoisotopic (exact) mass is 513 g/mol. The summed E-state index contributed by atoms with van der Waals surface area (Å²) in [5.74, 6) is -3.36. The van der Waals surface area contributed by atoms with Crippen LogP contribution in [0, 0.1) is 31.6 Å². The number of nitrogens with zero attached hydrogens (tertiary/aromatic N) is 1. The minimum absolute atomic E-state index is 0.280. The first-order chi connectivity index (χ1) is 17.6. The maximum Gasteiger partial charge on any atom is 0.423 e. The van der Waals surface area contributed by atoms with Crippen molar-refractivity contribution in [3.05, 3.63) is 45.5 Å². The lowest BCUT2D eigenvalue weighted by Crippen LogP contribution is -2.40. The Morgan fingerprint density at radius 3 is 2.38 bits per heavy atom. The number of aromatic hydroxyl groups is 1. The Morgan fingerprint density at radius 2 is 1.84 bits per heavy atom. The second-order valence-corrected chi connectivity index (χ2v) is 10.1. The SMILES string of the molecule is CCCC1=C([C@H](O)CC/C(=C/c2cc(C)c(O)c(C)c2)CC)[C@H](CO)[C@@H]2C(=O)N(C(=O)OC)C(=O)[C@@H]2C1. The zero-order valence-corrected chi connectivity index (χ0v) is 22.4. The minimum atomic E-state index is -1.02. The van der Waals surface area contributed by atoms with Crippen molar-refractivity contribution >= 4 is 24.0 Å². The lowest BCUT2D eigenvalue weighted by atomic mass is 9.67. The number of methoxy groups -OCH3 is 1. The van der Waals surface area contributed by atoms with Gasteiger partial charge in [0.05, 0.1) is 31.7 Å². The number of ether oxygens (including phenoxy) is 1. The number of carbonyl (C=O) groups is 3. The number of allylic oxidation sites excluding steroid dienone is 2. The molecule has 1 fully saturated rings. The normalized spacial score (nSPS) is 22.9. The number of aliphatic hydroxyl groups excluding tert-OH is 2. The van der Waals surface area contributed by atoms with Gasteiger partial charge in [-0.05, 0) is 80.3 Å². The first-order valence-corrected chi connectivity index (χ1v) is 13.1. The van der Waals surface area contributed by atoms with E-state index in [1.54, 1.807) is 0 Å². The Labute approximate surface area is 218 Å². The quantitative estimate of drug-likeness (QED) is 0.330. The summed E-state index contributed by atoms with van der Waals surface area (Å²) >= 11 is 0. The molecule has 0 bridgehead atoms. The molecule has 8 nitrogen and oxygen atoms in total. The van der Waals surface area contributed by atoms with Crippen molar-refractivity contribution in [3.8, 4) is 5.75 Å². The molecule has 3 amide bonds. The van der Waals surface area contributed by atoms with E-state index in [0.29, 0.717) is 29.7 Å². The van der Waals surface area contributed by atoms with Crippen molar-refractivity contribution < 1.29 is 34.4 Å². The number of amides is 3. The van der Waals surface area contributed by atoms with E-state index in [4.69, 9.17) is 0 Å². The van der Waals surface area contributed by atoms with Gasteiger partial charge in [0, 0.05) is 5.92 Å². The fraction of sp³-hybridized carbons (Fsp3) is 0.552. The fourth-order valence-electron chi connectivity index (χ4n) is 5.91. The maximum atomic E-state index is 13.1. The first-order valence-electron chi connectivity index (χ1n) is 13.1. The third-order valence-electron chi connectivity index (χ3n) is 7.73. The van der Waals surface area contributed by atoms with Crippen molar-refractivity contribution in [1.29, 1.82) is 0 Å². The zero-order chi connectivity index (χ0) is 27.4. The number of imide groups is 3. The number of likely N-dealkylation sites (tertiary alicyclic amines) is 1. The van der Waals surface area contributed by atoms with Crippen LogP contribution in [0.5, 0.6) is 5.75 Å². The summed E-state index contributed by atoms with van der Waals surface area (Å²) in [6.07, 6.45) is 3.64. The van der Waals surface area contributed by atoms with Crippen LogP contribution in [0.25, 0.3) is 6.08 Å². The van der Waals surface area contributed by atoms with E-state index < -0.39 is 48.4 Å². The van der Waals surface area contributed by atoms with Gasteiger partial charge < -0.3 is 20.1 Å². The number of phenols is 1. The molecule has 0 spiro atoms. The molecular formula is C29H39NO7. The van der Waals surface area contributed by atoms with E-state index in [1.165, 1.54) is 0 Å². The molecule has 0 unspecified atom stereocenters. The first kappa shape index (κ1) is 28.6. The molecular weight excluding hydrogens is 474 g/mol. The van der Waals surface area contributed by atoms with E-state index >= 15 is 0 Å². The molecule has 1 saturated heterocycles. The van der Waals surface area contributed by atoms with Gasteiger partial charge in [-0.15, -0.1) is 0 Å². The van der Waals surface area contributed by atoms with E-state index in [0.717, 1.165) is 47.8 Å². The average molecular weight is 514 g/mol. The molecule has 4 atom stereocenters. The van der Waals surface area contributed by atoms with Gasteiger partial charge in [-0.3, -0.25) is 9.59 Å². The molecule has 1 aliphatic heterocycles. The summed E-state index contributed by atoms with van der Waals surface area (Å²) in [6, 6.07) is 3.85. The summed E-state index contributed by atoms with van der Waals surface area (Å²) in [5.41, 5.74) is 5.22. The number of benzene rings is 1. The average Bonchev–Trinajstić information content (AvgIpc) is 3.12. The molecule has 0 aromatic heterocycles. The van der Waals surface area contributed by atoms with E-state index in [2.05, 4.69) is 10.8 Å². The van der Waals surface area contributed by atoms with Gasteiger partial charge >= 0.3 is 6.09 Å². The van der Waals surface area contributed by atoms with Crippen LogP contribution in [-0.4, -0.2) is 57.9 Å². The Morgan fingerprint density at radius 1 is 1.19 bits per heavy atom. The highest BCUT2D eigenvalue weighted by Gasteiger charge is 2.57. The third kappa shape index (κ3) is 5.65. The molecule has 202 valence electrons. The van der Waals surface area contributed by atoms with E-state index in [1.807, 2.05) is 39.8 Å². The van der Waals surface area contributed by atoms with E-state index in [9.17, 15) is 29.7 Å². The Kier molecular flexibility index (Phi) is 9.31. The molecule has 8 heteroatoms. The van der Waals surface area contributed by atoms with Crippen molar-refractivity contribution in [2.45, 2.75) is 72.3 Å². The largest absolute Gasteiger partial charge is 0.507 e. The summed E-state index contributed by atoms with van der Waals surface area (Å²) in [7, 11) is 1.12. The predicted octanol–water partition coefficient (Wildman–Crippen LogP) is 4.42. The standard InChI is InChI=1S/C29H39NO7/c1-6-8-20-14-21-25(28(35)30(27(21)34)29(36)37-5)22(15-31)24(20)23(32)10-9-18(7-2)13-19-11-16(3)26(33)17(4)12-19/h11-13,21-23,25,31-33H,6-10,14-15H2,1-5H3/b18-13+/t21-,22+,23-,25-/m1/s1. The minimum Gasteiger partial charge on any atom is -0.507 e. The second kappa shape index (κ2) is 12.0. The number of aliphatic hydroxyl groups is 2. The summed E-state index contributed by atoms with van der Waals surface area (Å²) in [4.78, 5) is 38.7. The lowest BCUT2D eigenvalue weighted by molar-refractivity contribution is -0.137. The Balaban J connectivity index is 1.88. The van der Waals surface area contributed by atoms with Gasteiger partial charge in [-0.1, -0.05) is 37.5 Å². The summed E-state index contributed by atoms with van der Waals surface area (Å²) < 4.78 is 4.65. The number of fused-ring (bicyclic) bond motifs is 1. The van der Waals surface area contributed by atoms with E-state index in [-0.39, 0.29) is 12.2 Å². The van der Waals surface area contributed by atoms with Crippen LogP contribution in [0.1, 0.15) is 69.1 Å². The van der Waals surface area contributed by atoms with Crippen molar-refractivity contribution in [1.82, 2.24) is 4.90 Å². The van der Waals surface area contributed by atoms with Crippen LogP contribution in [0.2, 0.25) is 0 Å². The predicted molar refractivity (Wildman–Crippen MR) is 139 cm³/mol. The number of aryl methyl sites for hydroxylation is 2. The van der Waals surface area contributed by atoms with Gasteiger partial charge in [-0.2, -0.15) is 4.90 Å². The molecule has 0 radical (unpaired) electrons.